The van der Waals surface area contributed by atoms with Crippen molar-refractivity contribution in [1.82, 2.24) is 4.90 Å². The van der Waals surface area contributed by atoms with Crippen LogP contribution in [0.3, 0.4) is 0 Å². The molecule has 0 aliphatic carbocycles. The van der Waals surface area contributed by atoms with Crippen molar-refractivity contribution in [2.45, 2.75) is 0 Å². The van der Waals surface area contributed by atoms with Crippen LogP contribution in [0, 0.1) is 0 Å². The van der Waals surface area contributed by atoms with Gasteiger partial charge in [-0.2, -0.15) is 0 Å². The SMILES string of the molecule is C=CCOc1c(Cl)cc(/C=C2/SC(=Nc3ccc(C(=O)OC)cc3)N(C)C2=O)cc1OC. The fourth-order valence-corrected chi connectivity index (χ4v) is 4.07. The van der Waals surface area contributed by atoms with Crippen LogP contribution < -0.4 is 9.47 Å². The molecule has 0 radical (unpaired) electrons. The summed E-state index contributed by atoms with van der Waals surface area (Å²) in [6.07, 6.45) is 3.33. The second kappa shape index (κ2) is 10.4. The molecular weight excluding hydrogens is 452 g/mol. The molecule has 0 aromatic heterocycles. The molecule has 166 valence electrons. The molecule has 1 fully saturated rings. The zero-order chi connectivity index (χ0) is 23.3. The lowest BCUT2D eigenvalue weighted by Crippen LogP contribution is -2.23. The number of carbonyl (C=O) groups excluding carboxylic acids is 2. The normalized spacial score (nSPS) is 15.9. The maximum absolute atomic E-state index is 12.7. The highest BCUT2D eigenvalue weighted by Crippen LogP contribution is 2.39. The maximum atomic E-state index is 12.7. The number of nitrogens with zero attached hydrogens (tertiary/aromatic N) is 2. The number of carbonyl (C=O) groups is 2. The fraction of sp³-hybridized carbons (Fsp3) is 0.174. The van der Waals surface area contributed by atoms with Gasteiger partial charge >= 0.3 is 5.97 Å². The number of thioether (sulfide) groups is 1. The smallest absolute Gasteiger partial charge is 0.337 e. The third-order valence-electron chi connectivity index (χ3n) is 4.41. The van der Waals surface area contributed by atoms with Crippen LogP contribution in [0.4, 0.5) is 5.69 Å². The molecule has 0 unspecified atom stereocenters. The van der Waals surface area contributed by atoms with E-state index in [9.17, 15) is 9.59 Å². The minimum absolute atomic E-state index is 0.193. The Morgan fingerprint density at radius 2 is 1.97 bits per heavy atom. The van der Waals surface area contributed by atoms with Gasteiger partial charge in [-0.15, -0.1) is 0 Å². The molecule has 0 atom stereocenters. The largest absolute Gasteiger partial charge is 0.493 e. The second-order valence-corrected chi connectivity index (χ2v) is 7.96. The number of esters is 1. The third-order valence-corrected chi connectivity index (χ3v) is 5.75. The second-order valence-electron chi connectivity index (χ2n) is 6.54. The van der Waals surface area contributed by atoms with E-state index in [-0.39, 0.29) is 12.5 Å². The number of amidine groups is 1. The topological polar surface area (TPSA) is 77.4 Å². The van der Waals surface area contributed by atoms with Gasteiger partial charge < -0.3 is 14.2 Å². The minimum atomic E-state index is -0.424. The van der Waals surface area contributed by atoms with Gasteiger partial charge in [-0.3, -0.25) is 9.69 Å². The van der Waals surface area contributed by atoms with E-state index in [2.05, 4.69) is 11.6 Å². The van der Waals surface area contributed by atoms with Crippen LogP contribution in [0.25, 0.3) is 6.08 Å². The lowest BCUT2D eigenvalue weighted by molar-refractivity contribution is -0.121. The summed E-state index contributed by atoms with van der Waals surface area (Å²) in [7, 11) is 4.49. The molecular formula is C23H21ClN2O5S. The van der Waals surface area contributed by atoms with Crippen LogP contribution in [-0.2, 0) is 9.53 Å². The molecule has 3 rings (SSSR count). The number of methoxy groups -OCH3 is 2. The molecule has 2 aromatic carbocycles. The van der Waals surface area contributed by atoms with Gasteiger partial charge in [0.15, 0.2) is 16.7 Å². The molecule has 1 heterocycles. The first kappa shape index (κ1) is 23.4. The zero-order valence-electron chi connectivity index (χ0n) is 17.8. The summed E-state index contributed by atoms with van der Waals surface area (Å²) in [6.45, 7) is 3.91. The third kappa shape index (κ3) is 5.15. The average molecular weight is 473 g/mol. The van der Waals surface area contributed by atoms with Gasteiger partial charge in [0.25, 0.3) is 5.91 Å². The van der Waals surface area contributed by atoms with Crippen molar-refractivity contribution in [2.24, 2.45) is 4.99 Å². The minimum Gasteiger partial charge on any atom is -0.493 e. The summed E-state index contributed by atoms with van der Waals surface area (Å²) < 4.78 is 15.6. The van der Waals surface area contributed by atoms with Crippen molar-refractivity contribution in [3.05, 3.63) is 70.1 Å². The molecule has 7 nitrogen and oxygen atoms in total. The monoisotopic (exact) mass is 472 g/mol. The molecule has 1 aliphatic rings. The fourth-order valence-electron chi connectivity index (χ4n) is 2.81. The average Bonchev–Trinajstić information content (AvgIpc) is 3.05. The summed E-state index contributed by atoms with van der Waals surface area (Å²) in [6, 6.07) is 10.1. The number of rotatable bonds is 7. The van der Waals surface area contributed by atoms with E-state index in [0.29, 0.717) is 43.4 Å². The molecule has 1 aliphatic heterocycles. The Bertz CT molecular complexity index is 1110. The van der Waals surface area contributed by atoms with Crippen molar-refractivity contribution >= 4 is 52.2 Å². The van der Waals surface area contributed by atoms with E-state index in [1.165, 1.54) is 30.9 Å². The molecule has 1 saturated heterocycles. The standard InChI is InChI=1S/C23H21ClN2O5S/c1-5-10-31-20-17(24)11-14(12-18(20)29-3)13-19-21(27)26(2)23(32-19)25-16-8-6-15(7-9-16)22(28)30-4/h5-9,11-13H,1,10H2,2-4H3/b19-13+,25-23?. The van der Waals surface area contributed by atoms with E-state index >= 15 is 0 Å². The summed E-state index contributed by atoms with van der Waals surface area (Å²) in [4.78, 5) is 30.8. The highest BCUT2D eigenvalue weighted by Gasteiger charge is 2.30. The van der Waals surface area contributed by atoms with E-state index in [1.807, 2.05) is 0 Å². The highest BCUT2D eigenvalue weighted by atomic mass is 35.5. The van der Waals surface area contributed by atoms with Crippen LogP contribution >= 0.6 is 23.4 Å². The van der Waals surface area contributed by atoms with E-state index in [1.54, 1.807) is 55.6 Å². The van der Waals surface area contributed by atoms with Crippen LogP contribution in [0.2, 0.25) is 5.02 Å². The Balaban J connectivity index is 1.86. The van der Waals surface area contributed by atoms with Crippen molar-refractivity contribution in [2.75, 3.05) is 27.9 Å². The molecule has 0 N–H and O–H groups in total. The van der Waals surface area contributed by atoms with E-state index in [0.717, 1.165) is 0 Å². The number of halogens is 1. The van der Waals surface area contributed by atoms with Crippen molar-refractivity contribution in [3.8, 4) is 11.5 Å². The van der Waals surface area contributed by atoms with Crippen LogP contribution in [0.15, 0.2) is 59.0 Å². The molecule has 0 bridgehead atoms. The number of benzene rings is 2. The lowest BCUT2D eigenvalue weighted by atomic mass is 10.2. The van der Waals surface area contributed by atoms with Crippen LogP contribution in [0.1, 0.15) is 15.9 Å². The quantitative estimate of drug-likeness (QED) is 0.323. The first-order valence-corrected chi connectivity index (χ1v) is 10.6. The van der Waals surface area contributed by atoms with Gasteiger partial charge in [-0.25, -0.2) is 9.79 Å². The van der Waals surface area contributed by atoms with Gasteiger partial charge in [-0.1, -0.05) is 24.3 Å². The Labute approximate surface area is 195 Å². The number of amides is 1. The number of hydrogen-bond acceptors (Lipinski definition) is 7. The van der Waals surface area contributed by atoms with Crippen molar-refractivity contribution < 1.29 is 23.8 Å². The van der Waals surface area contributed by atoms with Gasteiger partial charge in [-0.05, 0) is 59.8 Å². The van der Waals surface area contributed by atoms with Crippen molar-refractivity contribution in [1.29, 1.82) is 0 Å². The number of ether oxygens (including phenoxy) is 3. The summed E-state index contributed by atoms with van der Waals surface area (Å²) in [5.41, 5.74) is 1.71. The number of likely N-dealkylation sites (N-methyl/N-ethyl adjacent to an activating group) is 1. The molecule has 0 saturated carbocycles. The first-order chi connectivity index (χ1) is 15.4. The van der Waals surface area contributed by atoms with Gasteiger partial charge in [0, 0.05) is 7.05 Å². The molecule has 32 heavy (non-hydrogen) atoms. The summed E-state index contributed by atoms with van der Waals surface area (Å²) in [5.74, 6) is 0.250. The van der Waals surface area contributed by atoms with Crippen LogP contribution in [-0.4, -0.2) is 49.8 Å². The Kier molecular flexibility index (Phi) is 7.61. The summed E-state index contributed by atoms with van der Waals surface area (Å²) >= 11 is 7.59. The Morgan fingerprint density at radius 1 is 1.25 bits per heavy atom. The summed E-state index contributed by atoms with van der Waals surface area (Å²) in [5, 5.41) is 0.873. The van der Waals surface area contributed by atoms with E-state index < -0.39 is 5.97 Å². The first-order valence-electron chi connectivity index (χ1n) is 9.43. The van der Waals surface area contributed by atoms with Gasteiger partial charge in [0.1, 0.15) is 6.61 Å². The molecule has 9 heteroatoms. The lowest BCUT2D eigenvalue weighted by Gasteiger charge is -2.12. The van der Waals surface area contributed by atoms with Crippen LogP contribution in [0.5, 0.6) is 11.5 Å². The maximum Gasteiger partial charge on any atom is 0.337 e. The molecule has 2 aromatic rings. The predicted octanol–water partition coefficient (Wildman–Crippen LogP) is 4.93. The number of hydrogen-bond donors (Lipinski definition) is 0. The molecule has 0 spiro atoms. The predicted molar refractivity (Wildman–Crippen MR) is 127 cm³/mol. The highest BCUT2D eigenvalue weighted by molar-refractivity contribution is 8.18. The Morgan fingerprint density at radius 3 is 2.59 bits per heavy atom. The van der Waals surface area contributed by atoms with E-state index in [4.69, 9.17) is 25.8 Å². The van der Waals surface area contributed by atoms with Crippen molar-refractivity contribution in [3.63, 3.8) is 0 Å². The zero-order valence-corrected chi connectivity index (χ0v) is 19.3. The molecule has 1 amide bonds. The Hall–Kier alpha value is -3.23. The van der Waals surface area contributed by atoms with Gasteiger partial charge in [0.05, 0.1) is 35.4 Å². The number of aliphatic imine (C=N–C) groups is 1. The van der Waals surface area contributed by atoms with Gasteiger partial charge in [0.2, 0.25) is 0 Å².